The second kappa shape index (κ2) is 5.89. The van der Waals surface area contributed by atoms with Crippen LogP contribution in [0, 0.1) is 0 Å². The van der Waals surface area contributed by atoms with Crippen molar-refractivity contribution in [2.75, 3.05) is 7.11 Å². The fourth-order valence-electron chi connectivity index (χ4n) is 3.28. The molecule has 0 spiro atoms. The number of carbonyl (C=O) groups is 1. The predicted octanol–water partition coefficient (Wildman–Crippen LogP) is 4.03. The predicted molar refractivity (Wildman–Crippen MR) is 87.9 cm³/mol. The molecule has 1 aliphatic rings. The van der Waals surface area contributed by atoms with Gasteiger partial charge in [0.25, 0.3) is 0 Å². The molecule has 8 heteroatoms. The average molecular weight is 363 g/mol. The van der Waals surface area contributed by atoms with Crippen LogP contribution in [0.4, 0.5) is 13.2 Å². The Morgan fingerprint density at radius 2 is 2.04 bits per heavy atom. The number of esters is 1. The number of methoxy groups -OCH3 is 1. The van der Waals surface area contributed by atoms with Crippen LogP contribution in [-0.2, 0) is 17.5 Å². The largest absolute Gasteiger partial charge is 0.465 e. The average Bonchev–Trinajstić information content (AvgIpc) is 3.20. The molecule has 4 rings (SSSR count). The van der Waals surface area contributed by atoms with Crippen molar-refractivity contribution in [3.8, 4) is 0 Å². The van der Waals surface area contributed by atoms with Gasteiger partial charge in [-0.25, -0.2) is 4.79 Å². The monoisotopic (exact) mass is 363 g/mol. The first kappa shape index (κ1) is 16.7. The number of nitrogens with zero attached hydrogens (tertiary/aromatic N) is 3. The molecule has 3 aromatic rings. The van der Waals surface area contributed by atoms with Gasteiger partial charge in [0.2, 0.25) is 0 Å². The third kappa shape index (κ3) is 2.85. The zero-order valence-electron chi connectivity index (χ0n) is 14.0. The second-order valence-electron chi connectivity index (χ2n) is 6.37. The number of halogens is 3. The first-order valence-electron chi connectivity index (χ1n) is 8.19. The maximum absolute atomic E-state index is 13.1. The molecular formula is C18H16F3N3O2. The fourth-order valence-corrected chi connectivity index (χ4v) is 3.28. The Hall–Kier alpha value is -2.77. The Bertz CT molecular complexity index is 983. The molecule has 0 bridgehead atoms. The van der Waals surface area contributed by atoms with Gasteiger partial charge in [-0.1, -0.05) is 0 Å². The molecule has 2 aromatic heterocycles. The van der Waals surface area contributed by atoms with E-state index in [4.69, 9.17) is 4.74 Å². The second-order valence-corrected chi connectivity index (χ2v) is 6.37. The van der Waals surface area contributed by atoms with Crippen molar-refractivity contribution in [3.63, 3.8) is 0 Å². The molecule has 5 nitrogen and oxygen atoms in total. The molecular weight excluding hydrogens is 347 g/mol. The molecule has 0 unspecified atom stereocenters. The van der Waals surface area contributed by atoms with Crippen LogP contribution >= 0.6 is 0 Å². The number of aromatic nitrogens is 3. The van der Waals surface area contributed by atoms with Gasteiger partial charge < -0.3 is 9.30 Å². The Labute approximate surface area is 147 Å². The van der Waals surface area contributed by atoms with E-state index in [0.717, 1.165) is 46.4 Å². The molecule has 0 N–H and O–H groups in total. The maximum atomic E-state index is 13.1. The highest BCUT2D eigenvalue weighted by Crippen LogP contribution is 2.40. The molecule has 1 saturated carbocycles. The van der Waals surface area contributed by atoms with Crippen LogP contribution in [0.5, 0.6) is 0 Å². The molecule has 1 aromatic carbocycles. The van der Waals surface area contributed by atoms with Gasteiger partial charge in [0.05, 0.1) is 19.2 Å². The van der Waals surface area contributed by atoms with Gasteiger partial charge in [0, 0.05) is 28.8 Å². The van der Waals surface area contributed by atoms with Crippen LogP contribution in [-0.4, -0.2) is 27.4 Å². The minimum Gasteiger partial charge on any atom is -0.465 e. The van der Waals surface area contributed by atoms with Gasteiger partial charge in [0.1, 0.15) is 5.69 Å². The molecule has 0 aliphatic heterocycles. The van der Waals surface area contributed by atoms with Crippen LogP contribution in [0.25, 0.3) is 10.9 Å². The van der Waals surface area contributed by atoms with E-state index in [9.17, 15) is 18.0 Å². The zero-order valence-corrected chi connectivity index (χ0v) is 14.0. The number of benzene rings is 1. The quantitative estimate of drug-likeness (QED) is 0.658. The lowest BCUT2D eigenvalue weighted by Gasteiger charge is -2.13. The smallest absolute Gasteiger partial charge is 0.433 e. The fraction of sp³-hybridized carbons (Fsp3) is 0.333. The summed E-state index contributed by atoms with van der Waals surface area (Å²) < 4.78 is 47.1. The van der Waals surface area contributed by atoms with E-state index in [1.807, 2.05) is 12.1 Å². The van der Waals surface area contributed by atoms with E-state index >= 15 is 0 Å². The standard InChI is InChI=1S/C18H16F3N3O2/c1-26-17(25)11-2-5-15-12(8-11)9-14(24(15)13-3-4-13)10-23-16(6-7-22-23)18(19,20)21/h2,5-9,13H,3-4,10H2,1H3. The van der Waals surface area contributed by atoms with Crippen LogP contribution in [0.1, 0.15) is 40.6 Å². The summed E-state index contributed by atoms with van der Waals surface area (Å²) in [7, 11) is 1.31. The van der Waals surface area contributed by atoms with Crippen molar-refractivity contribution < 1.29 is 22.7 Å². The van der Waals surface area contributed by atoms with E-state index in [-0.39, 0.29) is 12.6 Å². The van der Waals surface area contributed by atoms with E-state index in [0.29, 0.717) is 5.56 Å². The number of fused-ring (bicyclic) bond motifs is 1. The topological polar surface area (TPSA) is 49.1 Å². The number of alkyl halides is 3. The summed E-state index contributed by atoms with van der Waals surface area (Å²) in [5.74, 6) is -0.445. The lowest BCUT2D eigenvalue weighted by Crippen LogP contribution is -2.16. The number of hydrogen-bond donors (Lipinski definition) is 0. The molecule has 0 atom stereocenters. The molecule has 2 heterocycles. The van der Waals surface area contributed by atoms with Crippen molar-refractivity contribution in [2.24, 2.45) is 0 Å². The summed E-state index contributed by atoms with van der Waals surface area (Å²) >= 11 is 0. The van der Waals surface area contributed by atoms with Crippen LogP contribution < -0.4 is 0 Å². The lowest BCUT2D eigenvalue weighted by atomic mass is 10.1. The molecule has 0 amide bonds. The van der Waals surface area contributed by atoms with E-state index in [2.05, 4.69) is 9.67 Å². The van der Waals surface area contributed by atoms with Crippen molar-refractivity contribution in [1.82, 2.24) is 14.3 Å². The first-order valence-corrected chi connectivity index (χ1v) is 8.19. The molecule has 0 saturated heterocycles. The highest BCUT2D eigenvalue weighted by atomic mass is 19.4. The van der Waals surface area contributed by atoms with Crippen molar-refractivity contribution in [3.05, 3.63) is 53.5 Å². The zero-order chi connectivity index (χ0) is 18.5. The first-order chi connectivity index (χ1) is 12.4. The Kier molecular flexibility index (Phi) is 3.78. The van der Waals surface area contributed by atoms with E-state index < -0.39 is 17.8 Å². The Morgan fingerprint density at radius 1 is 1.27 bits per heavy atom. The number of ether oxygens (including phenoxy) is 1. The third-order valence-electron chi connectivity index (χ3n) is 4.57. The minimum atomic E-state index is -4.45. The summed E-state index contributed by atoms with van der Waals surface area (Å²) in [5, 5.41) is 4.64. The van der Waals surface area contributed by atoms with Crippen LogP contribution in [0.3, 0.4) is 0 Å². The van der Waals surface area contributed by atoms with Crippen molar-refractivity contribution >= 4 is 16.9 Å². The molecule has 0 radical (unpaired) electrons. The SMILES string of the molecule is COC(=O)c1ccc2c(c1)cc(Cn1nccc1C(F)(F)F)n2C1CC1. The van der Waals surface area contributed by atoms with Gasteiger partial charge in [-0.3, -0.25) is 4.68 Å². The number of hydrogen-bond acceptors (Lipinski definition) is 3. The van der Waals surface area contributed by atoms with E-state index in [1.54, 1.807) is 12.1 Å². The van der Waals surface area contributed by atoms with E-state index in [1.165, 1.54) is 7.11 Å². The van der Waals surface area contributed by atoms with Crippen molar-refractivity contribution in [2.45, 2.75) is 31.6 Å². The van der Waals surface area contributed by atoms with Gasteiger partial charge >= 0.3 is 12.1 Å². The van der Waals surface area contributed by atoms with Crippen LogP contribution in [0.15, 0.2) is 36.5 Å². The summed E-state index contributed by atoms with van der Waals surface area (Å²) in [6.07, 6.45) is -1.32. The maximum Gasteiger partial charge on any atom is 0.433 e. The van der Waals surface area contributed by atoms with Crippen molar-refractivity contribution in [1.29, 1.82) is 0 Å². The Morgan fingerprint density at radius 3 is 2.69 bits per heavy atom. The highest BCUT2D eigenvalue weighted by molar-refractivity contribution is 5.95. The molecule has 1 aliphatic carbocycles. The van der Waals surface area contributed by atoms with Gasteiger partial charge in [0.15, 0.2) is 0 Å². The number of rotatable bonds is 4. The summed E-state index contributed by atoms with van der Waals surface area (Å²) in [6.45, 7) is 0.0145. The summed E-state index contributed by atoms with van der Waals surface area (Å²) in [5.41, 5.74) is 1.27. The van der Waals surface area contributed by atoms with Gasteiger partial charge in [-0.15, -0.1) is 0 Å². The summed E-state index contributed by atoms with van der Waals surface area (Å²) in [4.78, 5) is 11.7. The highest BCUT2D eigenvalue weighted by Gasteiger charge is 2.35. The number of carbonyl (C=O) groups excluding carboxylic acids is 1. The minimum absolute atomic E-state index is 0.0145. The van der Waals surface area contributed by atoms with Gasteiger partial charge in [-0.05, 0) is 43.2 Å². The molecule has 1 fully saturated rings. The van der Waals surface area contributed by atoms with Gasteiger partial charge in [-0.2, -0.15) is 18.3 Å². The van der Waals surface area contributed by atoms with Crippen LogP contribution in [0.2, 0.25) is 0 Å². The third-order valence-corrected chi connectivity index (χ3v) is 4.57. The lowest BCUT2D eigenvalue weighted by molar-refractivity contribution is -0.144. The summed E-state index contributed by atoms with van der Waals surface area (Å²) in [6, 6.07) is 8.26. The Balaban J connectivity index is 1.78. The normalized spacial score (nSPS) is 14.8. The molecule has 26 heavy (non-hydrogen) atoms. The molecule has 136 valence electrons.